The minimum atomic E-state index is -0.798. The van der Waals surface area contributed by atoms with Gasteiger partial charge < -0.3 is 20.9 Å². The summed E-state index contributed by atoms with van der Waals surface area (Å²) in [5, 5.41) is 12.2. The van der Waals surface area contributed by atoms with Gasteiger partial charge in [0.25, 0.3) is 0 Å². The lowest BCUT2D eigenvalue weighted by atomic mass is 9.99. The third-order valence-corrected chi connectivity index (χ3v) is 7.97. The van der Waals surface area contributed by atoms with Crippen molar-refractivity contribution < 1.29 is 14.6 Å². The first-order chi connectivity index (χ1) is 10.8. The van der Waals surface area contributed by atoms with Gasteiger partial charge in [-0.25, -0.2) is 0 Å². The Bertz CT molecular complexity index is 465. The molecule has 0 aliphatic carbocycles. The summed E-state index contributed by atoms with van der Waals surface area (Å²) in [5.41, 5.74) is 6.70. The van der Waals surface area contributed by atoms with Crippen LogP contribution in [0, 0.1) is 0 Å². The molecule has 0 aliphatic heterocycles. The van der Waals surface area contributed by atoms with Gasteiger partial charge in [0.15, 0.2) is 0 Å². The van der Waals surface area contributed by atoms with Crippen LogP contribution in [-0.2, 0) is 9.53 Å². The predicted octanol–water partition coefficient (Wildman–Crippen LogP) is 4.00. The standard InChI is InChI=1S/C17H30I2N2O3/c1-11(20)14(18)15(19)12(2)21-16(3,4)9-10-24-17(5,6)8-7-13(22)23/h14-15,21H,1-2,7-10,20H2,3-6H3,(H,22,23). The second-order valence-electron chi connectivity index (χ2n) is 7.16. The smallest absolute Gasteiger partial charge is 0.303 e. The van der Waals surface area contributed by atoms with Crippen LogP contribution in [0.15, 0.2) is 24.6 Å². The van der Waals surface area contributed by atoms with Crippen LogP contribution in [0.25, 0.3) is 0 Å². The second kappa shape index (κ2) is 10.2. The molecular weight excluding hydrogens is 534 g/mol. The number of ether oxygens (including phenoxy) is 1. The van der Waals surface area contributed by atoms with Crippen molar-refractivity contribution in [2.45, 2.75) is 65.9 Å². The number of carboxylic acids is 1. The van der Waals surface area contributed by atoms with E-state index < -0.39 is 11.6 Å². The molecule has 0 heterocycles. The van der Waals surface area contributed by atoms with E-state index in [1.165, 1.54) is 0 Å². The van der Waals surface area contributed by atoms with Gasteiger partial charge in [-0.1, -0.05) is 58.3 Å². The Kier molecular flexibility index (Phi) is 10.2. The second-order valence-corrected chi connectivity index (χ2v) is 9.85. The highest BCUT2D eigenvalue weighted by atomic mass is 127. The number of aliphatic carboxylic acids is 1. The van der Waals surface area contributed by atoms with E-state index >= 15 is 0 Å². The fourth-order valence-corrected chi connectivity index (χ4v) is 3.04. The summed E-state index contributed by atoms with van der Waals surface area (Å²) < 4.78 is 6.14. The van der Waals surface area contributed by atoms with Gasteiger partial charge in [0, 0.05) is 30.0 Å². The fourth-order valence-electron chi connectivity index (χ4n) is 1.99. The Morgan fingerprint density at radius 3 is 2.21 bits per heavy atom. The van der Waals surface area contributed by atoms with Crippen LogP contribution in [0.2, 0.25) is 0 Å². The van der Waals surface area contributed by atoms with E-state index in [9.17, 15) is 4.79 Å². The zero-order valence-corrected chi connectivity index (χ0v) is 19.3. The molecule has 0 fully saturated rings. The molecule has 0 radical (unpaired) electrons. The maximum absolute atomic E-state index is 10.7. The summed E-state index contributed by atoms with van der Waals surface area (Å²) in [6, 6.07) is 0. The van der Waals surface area contributed by atoms with E-state index in [0.717, 1.165) is 12.1 Å². The molecule has 0 saturated heterocycles. The third-order valence-electron chi connectivity index (χ3n) is 3.60. The first-order valence-electron chi connectivity index (χ1n) is 7.82. The van der Waals surface area contributed by atoms with Crippen molar-refractivity contribution in [1.29, 1.82) is 0 Å². The minimum absolute atomic E-state index is 0.113. The van der Waals surface area contributed by atoms with Crippen molar-refractivity contribution in [3.8, 4) is 0 Å². The topological polar surface area (TPSA) is 84.6 Å². The minimum Gasteiger partial charge on any atom is -0.481 e. The lowest BCUT2D eigenvalue weighted by Gasteiger charge is -2.33. The molecule has 0 bridgehead atoms. The Morgan fingerprint density at radius 1 is 1.21 bits per heavy atom. The maximum Gasteiger partial charge on any atom is 0.303 e. The highest BCUT2D eigenvalue weighted by Crippen LogP contribution is 2.26. The molecule has 2 atom stereocenters. The largest absolute Gasteiger partial charge is 0.481 e. The lowest BCUT2D eigenvalue weighted by Crippen LogP contribution is -2.43. The number of halogens is 2. The molecule has 0 aliphatic rings. The zero-order chi connectivity index (χ0) is 19.1. The van der Waals surface area contributed by atoms with Crippen LogP contribution < -0.4 is 11.1 Å². The number of hydrogen-bond donors (Lipinski definition) is 3. The van der Waals surface area contributed by atoms with Crippen LogP contribution in [0.3, 0.4) is 0 Å². The lowest BCUT2D eigenvalue weighted by molar-refractivity contribution is -0.139. The molecule has 7 heteroatoms. The van der Waals surface area contributed by atoms with Gasteiger partial charge in [-0.2, -0.15) is 0 Å². The average Bonchev–Trinajstić information content (AvgIpc) is 2.42. The summed E-state index contributed by atoms with van der Waals surface area (Å²) in [5.74, 6) is -0.798. The van der Waals surface area contributed by atoms with Gasteiger partial charge in [0.05, 0.1) is 13.5 Å². The van der Waals surface area contributed by atoms with Gasteiger partial charge in [-0.3, -0.25) is 4.79 Å². The maximum atomic E-state index is 10.7. The Balaban J connectivity index is 4.42. The summed E-state index contributed by atoms with van der Waals surface area (Å²) in [7, 11) is 0. The molecular formula is C17H30I2N2O3. The predicted molar refractivity (Wildman–Crippen MR) is 117 cm³/mol. The van der Waals surface area contributed by atoms with Crippen molar-refractivity contribution in [2.24, 2.45) is 5.73 Å². The van der Waals surface area contributed by atoms with Crippen molar-refractivity contribution in [3.05, 3.63) is 24.6 Å². The van der Waals surface area contributed by atoms with Crippen LogP contribution >= 0.6 is 45.2 Å². The molecule has 0 aromatic carbocycles. The van der Waals surface area contributed by atoms with Gasteiger partial charge in [-0.15, -0.1) is 0 Å². The molecule has 24 heavy (non-hydrogen) atoms. The Morgan fingerprint density at radius 2 is 1.75 bits per heavy atom. The molecule has 0 aromatic rings. The normalized spacial score (nSPS) is 14.8. The number of rotatable bonds is 12. The van der Waals surface area contributed by atoms with Crippen molar-refractivity contribution in [2.75, 3.05) is 6.61 Å². The number of carboxylic acid groups (broad SMARTS) is 1. The molecule has 4 N–H and O–H groups in total. The van der Waals surface area contributed by atoms with Gasteiger partial charge in [-0.05, 0) is 40.5 Å². The van der Waals surface area contributed by atoms with Crippen LogP contribution in [0.5, 0.6) is 0 Å². The quantitative estimate of drug-likeness (QED) is 0.247. The number of carbonyl (C=O) groups is 1. The summed E-state index contributed by atoms with van der Waals surface area (Å²) >= 11 is 4.59. The van der Waals surface area contributed by atoms with Crippen LogP contribution in [-0.4, -0.2) is 36.7 Å². The molecule has 140 valence electrons. The van der Waals surface area contributed by atoms with Crippen LogP contribution in [0.4, 0.5) is 0 Å². The first kappa shape index (κ1) is 24.0. The SMILES string of the molecule is C=C(N)C(I)C(I)C(=C)NC(C)(C)CCOC(C)(C)CCC(=O)O. The van der Waals surface area contributed by atoms with E-state index in [0.29, 0.717) is 18.7 Å². The van der Waals surface area contributed by atoms with Crippen molar-refractivity contribution in [3.63, 3.8) is 0 Å². The number of nitrogens with one attached hydrogen (secondary N) is 1. The van der Waals surface area contributed by atoms with Crippen molar-refractivity contribution >= 4 is 51.2 Å². The average molecular weight is 564 g/mol. The summed E-state index contributed by atoms with van der Waals surface area (Å²) in [6.07, 6.45) is 1.39. The third kappa shape index (κ3) is 10.1. The Labute approximate surface area is 173 Å². The van der Waals surface area contributed by atoms with Crippen molar-refractivity contribution in [1.82, 2.24) is 5.32 Å². The van der Waals surface area contributed by atoms with Crippen LogP contribution in [0.1, 0.15) is 47.0 Å². The van der Waals surface area contributed by atoms with Gasteiger partial charge in [0.1, 0.15) is 0 Å². The van der Waals surface area contributed by atoms with E-state index in [2.05, 4.69) is 77.5 Å². The van der Waals surface area contributed by atoms with Gasteiger partial charge >= 0.3 is 5.97 Å². The van der Waals surface area contributed by atoms with E-state index in [4.69, 9.17) is 15.6 Å². The number of allylic oxidation sites excluding steroid dienone is 2. The molecule has 2 unspecified atom stereocenters. The summed E-state index contributed by atoms with van der Waals surface area (Å²) in [6.45, 7) is 16.5. The number of alkyl halides is 2. The Hall–Kier alpha value is -0.0300. The van der Waals surface area contributed by atoms with E-state index in [-0.39, 0.29) is 19.8 Å². The molecule has 0 aromatic heterocycles. The molecule has 5 nitrogen and oxygen atoms in total. The first-order valence-corrected chi connectivity index (χ1v) is 10.3. The highest BCUT2D eigenvalue weighted by Gasteiger charge is 2.26. The zero-order valence-electron chi connectivity index (χ0n) is 15.0. The monoisotopic (exact) mass is 564 g/mol. The molecule has 0 spiro atoms. The molecule has 0 amide bonds. The highest BCUT2D eigenvalue weighted by molar-refractivity contribution is 14.1. The van der Waals surface area contributed by atoms with E-state index in [1.807, 2.05) is 13.8 Å². The fraction of sp³-hybridized carbons (Fsp3) is 0.706. The summed E-state index contributed by atoms with van der Waals surface area (Å²) in [4.78, 5) is 10.7. The molecule has 0 rings (SSSR count). The number of hydrogen-bond acceptors (Lipinski definition) is 4. The van der Waals surface area contributed by atoms with E-state index in [1.54, 1.807) is 0 Å². The number of nitrogens with two attached hydrogens (primary N) is 1. The van der Waals surface area contributed by atoms with Gasteiger partial charge in [0.2, 0.25) is 0 Å². The molecule has 0 saturated carbocycles.